The average molecular weight is 324 g/mol. The number of aliphatic hydroxyl groups is 1. The summed E-state index contributed by atoms with van der Waals surface area (Å²) in [5.41, 5.74) is -0.0430. The molecule has 0 aliphatic heterocycles. The lowest BCUT2D eigenvalue weighted by Crippen LogP contribution is -2.37. The van der Waals surface area contributed by atoms with E-state index in [9.17, 15) is 19.2 Å². The van der Waals surface area contributed by atoms with Gasteiger partial charge < -0.3 is 25.2 Å². The van der Waals surface area contributed by atoms with Gasteiger partial charge in [-0.1, -0.05) is 0 Å². The number of amides is 2. The second kappa shape index (κ2) is 8.49. The topological polar surface area (TPSA) is 131 Å². The van der Waals surface area contributed by atoms with Crippen LogP contribution in [0, 0.1) is 0 Å². The number of methoxy groups -OCH3 is 2. The minimum Gasteiger partial charge on any atom is -0.465 e. The summed E-state index contributed by atoms with van der Waals surface area (Å²) in [6, 6.07) is 3.77. The Labute approximate surface area is 131 Å². The van der Waals surface area contributed by atoms with Gasteiger partial charge in [0.25, 0.3) is 0 Å². The van der Waals surface area contributed by atoms with Gasteiger partial charge in [0.15, 0.2) is 0 Å². The van der Waals surface area contributed by atoms with Crippen molar-refractivity contribution in [3.8, 4) is 0 Å². The Morgan fingerprint density at radius 3 is 2.26 bits per heavy atom. The van der Waals surface area contributed by atoms with Crippen LogP contribution in [-0.4, -0.2) is 56.2 Å². The number of nitrogens with one attached hydrogen (secondary N) is 2. The van der Waals surface area contributed by atoms with Crippen LogP contribution in [0.4, 0.5) is 5.69 Å². The smallest absolute Gasteiger partial charge is 0.339 e. The van der Waals surface area contributed by atoms with Gasteiger partial charge in [0.1, 0.15) is 0 Å². The summed E-state index contributed by atoms with van der Waals surface area (Å²) < 4.78 is 9.12. The fraction of sp³-hybridized carbons (Fsp3) is 0.286. The second-order valence-electron chi connectivity index (χ2n) is 4.18. The van der Waals surface area contributed by atoms with E-state index in [0.29, 0.717) is 0 Å². The fourth-order valence-electron chi connectivity index (χ4n) is 1.61. The van der Waals surface area contributed by atoms with E-state index in [-0.39, 0.29) is 30.0 Å². The molecule has 1 rings (SSSR count). The molecular weight excluding hydrogens is 308 g/mol. The number of carbonyl (C=O) groups excluding carboxylic acids is 4. The SMILES string of the molecule is COC(=O)c1ccc(C(=O)OC)c(NC(=O)C(=O)NCCO)c1. The van der Waals surface area contributed by atoms with Crippen LogP contribution in [0.25, 0.3) is 0 Å². The van der Waals surface area contributed by atoms with E-state index in [0.717, 1.165) is 7.11 Å². The fourth-order valence-corrected chi connectivity index (χ4v) is 1.61. The third-order valence-corrected chi connectivity index (χ3v) is 2.70. The summed E-state index contributed by atoms with van der Waals surface area (Å²) in [7, 11) is 2.33. The van der Waals surface area contributed by atoms with Crippen molar-refractivity contribution >= 4 is 29.4 Å². The maximum Gasteiger partial charge on any atom is 0.339 e. The molecule has 0 aliphatic carbocycles. The monoisotopic (exact) mass is 324 g/mol. The van der Waals surface area contributed by atoms with E-state index in [1.54, 1.807) is 0 Å². The van der Waals surface area contributed by atoms with Gasteiger partial charge in [0, 0.05) is 6.54 Å². The minimum absolute atomic E-state index is 0.0385. The zero-order valence-electron chi connectivity index (χ0n) is 12.5. The molecule has 0 fully saturated rings. The number of hydrogen-bond acceptors (Lipinski definition) is 7. The normalized spacial score (nSPS) is 9.70. The molecule has 0 aliphatic rings. The molecule has 9 nitrogen and oxygen atoms in total. The lowest BCUT2D eigenvalue weighted by Gasteiger charge is -2.11. The van der Waals surface area contributed by atoms with E-state index >= 15 is 0 Å². The first-order valence-corrected chi connectivity index (χ1v) is 6.45. The number of ether oxygens (including phenoxy) is 2. The summed E-state index contributed by atoms with van der Waals surface area (Å²) in [6.07, 6.45) is 0. The number of rotatable bonds is 5. The highest BCUT2D eigenvalue weighted by Gasteiger charge is 2.20. The Morgan fingerprint density at radius 2 is 1.70 bits per heavy atom. The van der Waals surface area contributed by atoms with E-state index in [4.69, 9.17) is 5.11 Å². The Kier molecular flexibility index (Phi) is 6.68. The third kappa shape index (κ3) is 4.78. The number of esters is 2. The van der Waals surface area contributed by atoms with Crippen LogP contribution in [0.1, 0.15) is 20.7 Å². The van der Waals surface area contributed by atoms with Crippen LogP contribution in [0.15, 0.2) is 18.2 Å². The van der Waals surface area contributed by atoms with Crippen molar-refractivity contribution in [2.75, 3.05) is 32.7 Å². The van der Waals surface area contributed by atoms with Gasteiger partial charge in [-0.15, -0.1) is 0 Å². The molecule has 0 bridgehead atoms. The summed E-state index contributed by atoms with van der Waals surface area (Å²) >= 11 is 0. The molecule has 0 saturated heterocycles. The van der Waals surface area contributed by atoms with E-state index in [1.165, 1.54) is 25.3 Å². The van der Waals surface area contributed by atoms with E-state index in [2.05, 4.69) is 20.1 Å². The van der Waals surface area contributed by atoms with E-state index in [1.807, 2.05) is 0 Å². The summed E-state index contributed by atoms with van der Waals surface area (Å²) in [6.45, 7) is -0.428. The van der Waals surface area contributed by atoms with Gasteiger partial charge in [0.05, 0.1) is 37.6 Å². The largest absolute Gasteiger partial charge is 0.465 e. The molecule has 9 heteroatoms. The van der Waals surface area contributed by atoms with Gasteiger partial charge in [-0.25, -0.2) is 9.59 Å². The Bertz CT molecular complexity index is 628. The van der Waals surface area contributed by atoms with Crippen LogP contribution in [-0.2, 0) is 19.1 Å². The van der Waals surface area contributed by atoms with Gasteiger partial charge >= 0.3 is 23.8 Å². The highest BCUT2D eigenvalue weighted by molar-refractivity contribution is 6.40. The maximum atomic E-state index is 11.8. The van der Waals surface area contributed by atoms with Crippen molar-refractivity contribution in [3.63, 3.8) is 0 Å². The number of aliphatic hydroxyl groups excluding tert-OH is 1. The first-order valence-electron chi connectivity index (χ1n) is 6.45. The zero-order valence-corrected chi connectivity index (χ0v) is 12.5. The van der Waals surface area contributed by atoms with Crippen molar-refractivity contribution in [3.05, 3.63) is 29.3 Å². The molecule has 0 aromatic heterocycles. The molecule has 0 spiro atoms. The predicted octanol–water partition coefficient (Wildman–Crippen LogP) is -0.693. The van der Waals surface area contributed by atoms with Crippen LogP contribution in [0.3, 0.4) is 0 Å². The molecule has 0 saturated carbocycles. The molecule has 23 heavy (non-hydrogen) atoms. The Hall–Kier alpha value is -2.94. The number of carbonyl (C=O) groups is 4. The molecule has 0 radical (unpaired) electrons. The number of hydrogen-bond donors (Lipinski definition) is 3. The van der Waals surface area contributed by atoms with Gasteiger partial charge in [-0.05, 0) is 18.2 Å². The third-order valence-electron chi connectivity index (χ3n) is 2.70. The molecule has 2 amide bonds. The van der Waals surface area contributed by atoms with Crippen LogP contribution in [0.5, 0.6) is 0 Å². The first-order chi connectivity index (χ1) is 10.9. The van der Waals surface area contributed by atoms with Crippen molar-refractivity contribution in [2.45, 2.75) is 0 Å². The van der Waals surface area contributed by atoms with Crippen LogP contribution < -0.4 is 10.6 Å². The van der Waals surface area contributed by atoms with Crippen molar-refractivity contribution in [2.24, 2.45) is 0 Å². The summed E-state index contributed by atoms with van der Waals surface area (Å²) in [5, 5.41) is 13.0. The van der Waals surface area contributed by atoms with Gasteiger partial charge in [0.2, 0.25) is 0 Å². The van der Waals surface area contributed by atoms with Crippen molar-refractivity contribution in [1.82, 2.24) is 5.32 Å². The quantitative estimate of drug-likeness (QED) is 0.482. The molecule has 124 valence electrons. The second-order valence-corrected chi connectivity index (χ2v) is 4.18. The van der Waals surface area contributed by atoms with Crippen molar-refractivity contribution in [1.29, 1.82) is 0 Å². The first kappa shape index (κ1) is 18.1. The standard InChI is InChI=1S/C14H16N2O7/c1-22-13(20)8-3-4-9(14(21)23-2)10(7-8)16-12(19)11(18)15-5-6-17/h3-4,7,17H,5-6H2,1-2H3,(H,15,18)(H,16,19). The Balaban J connectivity index is 3.09. The molecule has 0 atom stereocenters. The zero-order chi connectivity index (χ0) is 17.4. The molecule has 0 heterocycles. The number of benzene rings is 1. The number of anilines is 1. The average Bonchev–Trinajstić information content (AvgIpc) is 2.57. The summed E-state index contributed by atoms with van der Waals surface area (Å²) in [4.78, 5) is 46.5. The minimum atomic E-state index is -1.06. The molecular formula is C14H16N2O7. The van der Waals surface area contributed by atoms with Gasteiger partial charge in [-0.3, -0.25) is 9.59 Å². The molecule has 0 unspecified atom stereocenters. The van der Waals surface area contributed by atoms with E-state index < -0.39 is 23.8 Å². The maximum absolute atomic E-state index is 11.8. The highest BCUT2D eigenvalue weighted by Crippen LogP contribution is 2.19. The van der Waals surface area contributed by atoms with Crippen LogP contribution in [0.2, 0.25) is 0 Å². The van der Waals surface area contributed by atoms with Crippen LogP contribution >= 0.6 is 0 Å². The molecule has 1 aromatic carbocycles. The summed E-state index contributed by atoms with van der Waals surface area (Å²) in [5.74, 6) is -3.50. The lowest BCUT2D eigenvalue weighted by atomic mass is 10.1. The molecule has 3 N–H and O–H groups in total. The van der Waals surface area contributed by atoms with Gasteiger partial charge in [-0.2, -0.15) is 0 Å². The highest BCUT2D eigenvalue weighted by atomic mass is 16.5. The molecule has 1 aromatic rings. The Morgan fingerprint density at radius 1 is 1.04 bits per heavy atom. The van der Waals surface area contributed by atoms with Crippen molar-refractivity contribution < 1.29 is 33.8 Å². The lowest BCUT2D eigenvalue weighted by molar-refractivity contribution is -0.136. The predicted molar refractivity (Wildman–Crippen MR) is 77.8 cm³/mol.